The predicted octanol–water partition coefficient (Wildman–Crippen LogP) is 2.59. The second-order valence-corrected chi connectivity index (χ2v) is 17.4. The van der Waals surface area contributed by atoms with Gasteiger partial charge in [0.2, 0.25) is 5.79 Å². The first kappa shape index (κ1) is 45.7. The van der Waals surface area contributed by atoms with Gasteiger partial charge < -0.3 is 50.2 Å². The Labute approximate surface area is 357 Å². The lowest BCUT2D eigenvalue weighted by molar-refractivity contribution is -0.282. The normalized spacial score (nSPS) is 35.8. The van der Waals surface area contributed by atoms with E-state index in [4.69, 9.17) is 19.3 Å². The van der Waals surface area contributed by atoms with E-state index in [-0.39, 0.29) is 45.9 Å². The maximum absolute atomic E-state index is 13.8. The molecule has 1 aromatic carbocycles. The highest BCUT2D eigenvalue weighted by Gasteiger charge is 2.53. The van der Waals surface area contributed by atoms with Crippen LogP contribution in [0.25, 0.3) is 11.3 Å². The Morgan fingerprint density at radius 1 is 1.02 bits per heavy atom. The van der Waals surface area contributed by atoms with Gasteiger partial charge in [0.25, 0.3) is 5.91 Å². The number of phenolic OH excluding ortho intramolecular Hbond substituents is 2. The van der Waals surface area contributed by atoms with Crippen molar-refractivity contribution in [3.63, 3.8) is 0 Å². The number of hydrogen-bond donors (Lipinski definition) is 7. The number of carbonyl (C=O) groups is 2. The Hall–Kier alpha value is -4.85. The van der Waals surface area contributed by atoms with Gasteiger partial charge >= 0.3 is 5.97 Å². The van der Waals surface area contributed by atoms with E-state index in [0.29, 0.717) is 25.0 Å². The minimum absolute atomic E-state index is 0.0421. The summed E-state index contributed by atoms with van der Waals surface area (Å²) in [5.74, 6) is -3.93. The highest BCUT2D eigenvalue weighted by atomic mass is 16.7. The molecule has 4 heterocycles. The van der Waals surface area contributed by atoms with E-state index in [1.165, 1.54) is 57.9 Å². The molecule has 6 bridgehead atoms. The summed E-state index contributed by atoms with van der Waals surface area (Å²) in [6.07, 6.45) is 8.82. The van der Waals surface area contributed by atoms with Gasteiger partial charge in [0.15, 0.2) is 11.5 Å². The van der Waals surface area contributed by atoms with Crippen LogP contribution in [-0.2, 0) is 23.8 Å². The van der Waals surface area contributed by atoms with Crippen molar-refractivity contribution in [1.29, 1.82) is 0 Å². The van der Waals surface area contributed by atoms with Crippen LogP contribution >= 0.6 is 0 Å². The Kier molecular flexibility index (Phi) is 14.3. The average Bonchev–Trinajstić information content (AvgIpc) is 3.65. The van der Waals surface area contributed by atoms with Gasteiger partial charge in [-0.05, 0) is 56.1 Å². The molecule has 0 aromatic heterocycles. The maximum atomic E-state index is 13.8. The number of fused-ring (bicyclic) bond motifs is 10. The van der Waals surface area contributed by atoms with Crippen molar-refractivity contribution in [1.82, 2.24) is 9.91 Å². The summed E-state index contributed by atoms with van der Waals surface area (Å²) in [5, 5.41) is 81.2. The minimum atomic E-state index is -2.45. The molecule has 1 saturated heterocycles. The van der Waals surface area contributed by atoms with Crippen LogP contribution in [0.5, 0.6) is 11.5 Å². The lowest BCUT2D eigenvalue weighted by Crippen LogP contribution is -2.57. The number of esters is 1. The molecule has 2 fully saturated rings. The van der Waals surface area contributed by atoms with E-state index in [1.54, 1.807) is 32.9 Å². The number of hydrogen-bond acceptors (Lipinski definition) is 14. The molecule has 7 rings (SSSR count). The molecule has 15 heteroatoms. The number of aliphatic hydroxyl groups is 4. The monoisotopic (exact) mass is 846 g/mol. The Balaban J connectivity index is 1.56. The van der Waals surface area contributed by atoms with Gasteiger partial charge in [0, 0.05) is 80.7 Å². The molecule has 6 aliphatic rings. The van der Waals surface area contributed by atoms with Crippen LogP contribution in [0.3, 0.4) is 0 Å². The molecule has 15 nitrogen and oxygen atoms in total. The van der Waals surface area contributed by atoms with Crippen LogP contribution in [0.15, 0.2) is 41.2 Å². The molecule has 0 radical (unpaired) electrons. The van der Waals surface area contributed by atoms with Crippen LogP contribution in [0, 0.1) is 47.3 Å². The van der Waals surface area contributed by atoms with E-state index in [9.17, 15) is 40.2 Å². The summed E-state index contributed by atoms with van der Waals surface area (Å²) in [6.45, 7) is 12.4. The first-order chi connectivity index (χ1) is 29.0. The standard InChI is InChI=1S/C46H62N4O11/c1-25-11-13-32(21-25)49-16-18-50(19-17-49)47-23-33-40-44(56)39-36(52)14-12-31-22-35(37(59-7)15-20-60-24-34(31)38(39)43(33)55)46(58,61-30(6)51)29(5)42(54)28(4)41(53)26(2)9-8-10-27(3)45(57)48-40/h8-10,15,20,23,25-26,28-29,31-32,35,37,41-42,52-56,58H,11,13,16-19,21-22,24H2,1-7H3,(H,48,57)/b9-8+,20-15+,27-10-,47-23+/t25?,26-,28+,29+,31?,32?,35+,37-,41-,42+,46-/m0/s1. The van der Waals surface area contributed by atoms with Crippen molar-refractivity contribution >= 4 is 35.1 Å². The van der Waals surface area contributed by atoms with Gasteiger partial charge in [0.1, 0.15) is 12.4 Å². The molecule has 2 aliphatic carbocycles. The second-order valence-electron chi connectivity index (χ2n) is 17.4. The van der Waals surface area contributed by atoms with Crippen molar-refractivity contribution in [2.75, 3.05) is 45.2 Å². The van der Waals surface area contributed by atoms with Crippen LogP contribution in [0.1, 0.15) is 72.8 Å². The van der Waals surface area contributed by atoms with E-state index in [0.717, 1.165) is 20.0 Å². The van der Waals surface area contributed by atoms with Gasteiger partial charge in [-0.3, -0.25) is 19.5 Å². The molecule has 3 unspecified atom stereocenters. The third kappa shape index (κ3) is 9.49. The highest BCUT2D eigenvalue weighted by Crippen LogP contribution is 2.42. The van der Waals surface area contributed by atoms with E-state index < -0.39 is 82.8 Å². The van der Waals surface area contributed by atoms with Crippen molar-refractivity contribution in [2.45, 2.75) is 97.4 Å². The number of methoxy groups -OCH3 is 1. The zero-order valence-electron chi connectivity index (χ0n) is 36.2. The Bertz CT molecular complexity index is 2150. The third-order valence-corrected chi connectivity index (χ3v) is 13.4. The summed E-state index contributed by atoms with van der Waals surface area (Å²) in [5.41, 5.74) is 0.223. The van der Waals surface area contributed by atoms with Crippen molar-refractivity contribution in [2.24, 2.45) is 40.6 Å². The van der Waals surface area contributed by atoms with Gasteiger partial charge in [0.05, 0.1) is 53.2 Å². The molecule has 1 amide bonds. The predicted molar refractivity (Wildman–Crippen MR) is 229 cm³/mol. The number of allylic oxidation sites excluding steroid dienone is 2. The zero-order valence-corrected chi connectivity index (χ0v) is 36.2. The number of nitrogens with one attached hydrogen (secondary N) is 1. The number of nitrogens with zero attached hydrogens (tertiary/aromatic N) is 3. The number of amides is 1. The number of anilines is 1. The van der Waals surface area contributed by atoms with Crippen LogP contribution in [0.4, 0.5) is 5.69 Å². The molecular formula is C46H62N4O11. The summed E-state index contributed by atoms with van der Waals surface area (Å²) < 4.78 is 17.6. The lowest BCUT2D eigenvalue weighted by Gasteiger charge is -2.45. The lowest BCUT2D eigenvalue weighted by atomic mass is 9.72. The van der Waals surface area contributed by atoms with Crippen molar-refractivity contribution in [3.8, 4) is 23.3 Å². The van der Waals surface area contributed by atoms with Crippen LogP contribution < -0.4 is 15.8 Å². The molecule has 332 valence electrons. The number of benzene rings is 1. The van der Waals surface area contributed by atoms with Gasteiger partial charge in [-0.25, -0.2) is 0 Å². The van der Waals surface area contributed by atoms with E-state index in [1.807, 2.05) is 5.01 Å². The van der Waals surface area contributed by atoms with Gasteiger partial charge in [-0.2, -0.15) is 5.10 Å². The zero-order chi connectivity index (χ0) is 44.3. The number of ether oxygens (including phenoxy) is 3. The SMILES string of the molecule is CO[C@H]1/C=C/OCC2=c3c(O)c(/C=N/N4CCN(C5CCC(C)C5)CC4)c4c(O)c3=C(O)C#CC2C[C@H]1[C@@](O)(OC(C)=O)[C@H](C)[C@H](O)[C@H](C)[C@@H](O)[C@@H](C)/C=C/C=C(/C)C(=O)N4. The molecule has 4 aliphatic heterocycles. The quantitative estimate of drug-likeness (QED) is 0.0568. The number of aliphatic hydroxyl groups excluding tert-OH is 3. The number of rotatable bonds is 5. The van der Waals surface area contributed by atoms with Crippen molar-refractivity contribution in [3.05, 3.63) is 52.1 Å². The van der Waals surface area contributed by atoms with Gasteiger partial charge in [-0.15, -0.1) is 0 Å². The summed E-state index contributed by atoms with van der Waals surface area (Å²) in [6, 6.07) is 0.539. The first-order valence-corrected chi connectivity index (χ1v) is 21.3. The van der Waals surface area contributed by atoms with E-state index >= 15 is 0 Å². The maximum Gasteiger partial charge on any atom is 0.305 e. The average molecular weight is 847 g/mol. The first-order valence-electron chi connectivity index (χ1n) is 21.3. The summed E-state index contributed by atoms with van der Waals surface area (Å²) in [4.78, 5) is 29.1. The number of hydrazone groups is 1. The van der Waals surface area contributed by atoms with Gasteiger partial charge in [-0.1, -0.05) is 51.8 Å². The Morgan fingerprint density at radius 3 is 2.39 bits per heavy atom. The highest BCUT2D eigenvalue weighted by molar-refractivity contribution is 6.08. The molecule has 61 heavy (non-hydrogen) atoms. The fraction of sp³-hybridized carbons (Fsp3) is 0.587. The molecular weight excluding hydrogens is 785 g/mol. The largest absolute Gasteiger partial charge is 0.507 e. The molecule has 11 atom stereocenters. The number of aromatic hydroxyl groups is 2. The minimum Gasteiger partial charge on any atom is -0.507 e. The van der Waals surface area contributed by atoms with Crippen LogP contribution in [0.2, 0.25) is 0 Å². The fourth-order valence-electron chi connectivity index (χ4n) is 9.57. The van der Waals surface area contributed by atoms with Crippen LogP contribution in [-0.4, -0.2) is 129 Å². The third-order valence-electron chi connectivity index (χ3n) is 13.4. The number of carbonyl (C=O) groups excluding carboxylic acids is 2. The summed E-state index contributed by atoms with van der Waals surface area (Å²) in [7, 11) is 1.40. The smallest absolute Gasteiger partial charge is 0.305 e. The van der Waals surface area contributed by atoms with Crippen molar-refractivity contribution < 1.29 is 54.4 Å². The molecule has 7 N–H and O–H groups in total. The fourth-order valence-corrected chi connectivity index (χ4v) is 9.57. The second kappa shape index (κ2) is 19.0. The Morgan fingerprint density at radius 2 is 1.74 bits per heavy atom. The number of phenols is 2. The van der Waals surface area contributed by atoms with E-state index in [2.05, 4.69) is 29.0 Å². The molecule has 1 aromatic rings. The molecule has 1 saturated carbocycles. The topological polar surface area (TPSA) is 214 Å². The molecule has 0 spiro atoms. The number of piperazine rings is 1. The summed E-state index contributed by atoms with van der Waals surface area (Å²) >= 11 is 0.